The van der Waals surface area contributed by atoms with E-state index in [9.17, 15) is 13.2 Å². The molecule has 152 valence electrons. The highest BCUT2D eigenvalue weighted by Gasteiger charge is 2.20. The number of nitrogens with one attached hydrogen (secondary N) is 1. The van der Waals surface area contributed by atoms with Crippen molar-refractivity contribution in [1.29, 1.82) is 0 Å². The molecule has 0 bridgehead atoms. The van der Waals surface area contributed by atoms with E-state index in [-0.39, 0.29) is 22.1 Å². The molecule has 30 heavy (non-hydrogen) atoms. The summed E-state index contributed by atoms with van der Waals surface area (Å²) in [6.07, 6.45) is 0. The molecule has 0 aliphatic rings. The summed E-state index contributed by atoms with van der Waals surface area (Å²) < 4.78 is 38.2. The van der Waals surface area contributed by atoms with Crippen molar-refractivity contribution in [3.05, 3.63) is 89.4 Å². The third kappa shape index (κ3) is 4.42. The molecule has 0 atom stereocenters. The van der Waals surface area contributed by atoms with Crippen LogP contribution in [0.25, 0.3) is 11.3 Å². The van der Waals surface area contributed by atoms with Crippen molar-refractivity contribution >= 4 is 33.0 Å². The number of esters is 1. The standard InChI is InChI=1S/C21H16N2O5S2/c24-21(27-14-16-13-19(28-22-16)15-7-2-1-3-8-15)17-9-4-5-10-18(17)23-30(25,26)20-11-6-12-29-20/h1-13,23H,14H2. The summed E-state index contributed by atoms with van der Waals surface area (Å²) in [6, 6.07) is 20.5. The molecule has 0 fully saturated rings. The van der Waals surface area contributed by atoms with Gasteiger partial charge in [-0.2, -0.15) is 0 Å². The first-order chi connectivity index (χ1) is 14.5. The minimum atomic E-state index is -3.79. The first kappa shape index (κ1) is 19.9. The molecule has 4 rings (SSSR count). The number of aromatic nitrogens is 1. The monoisotopic (exact) mass is 440 g/mol. The molecule has 2 aromatic carbocycles. The number of carbonyl (C=O) groups excluding carboxylic acids is 1. The zero-order chi connectivity index (χ0) is 21.0. The Kier molecular flexibility index (Phi) is 5.64. The van der Waals surface area contributed by atoms with Gasteiger partial charge in [0, 0.05) is 11.6 Å². The lowest BCUT2D eigenvalue weighted by atomic mass is 10.2. The van der Waals surface area contributed by atoms with Crippen LogP contribution in [0.1, 0.15) is 16.1 Å². The van der Waals surface area contributed by atoms with Gasteiger partial charge in [-0.25, -0.2) is 13.2 Å². The first-order valence-electron chi connectivity index (χ1n) is 8.86. The Morgan fingerprint density at radius 3 is 2.57 bits per heavy atom. The third-order valence-electron chi connectivity index (χ3n) is 4.12. The van der Waals surface area contributed by atoms with Crippen molar-refractivity contribution in [3.63, 3.8) is 0 Å². The van der Waals surface area contributed by atoms with Crippen LogP contribution in [-0.4, -0.2) is 19.5 Å². The van der Waals surface area contributed by atoms with Crippen LogP contribution < -0.4 is 4.72 Å². The second-order valence-corrected chi connectivity index (χ2v) is 9.06. The smallest absolute Gasteiger partial charge is 0.340 e. The minimum absolute atomic E-state index is 0.101. The zero-order valence-corrected chi connectivity index (χ0v) is 17.2. The molecule has 0 saturated carbocycles. The molecule has 0 unspecified atom stereocenters. The molecule has 0 saturated heterocycles. The van der Waals surface area contributed by atoms with Crippen molar-refractivity contribution in [2.75, 3.05) is 4.72 Å². The van der Waals surface area contributed by atoms with Gasteiger partial charge in [0.1, 0.15) is 16.5 Å². The topological polar surface area (TPSA) is 98.5 Å². The van der Waals surface area contributed by atoms with Crippen LogP contribution in [0.15, 0.2) is 86.9 Å². The van der Waals surface area contributed by atoms with Crippen LogP contribution >= 0.6 is 11.3 Å². The predicted octanol–water partition coefficient (Wildman–Crippen LogP) is 4.56. The molecule has 7 nitrogen and oxygen atoms in total. The van der Waals surface area contributed by atoms with E-state index in [1.807, 2.05) is 30.3 Å². The van der Waals surface area contributed by atoms with Gasteiger partial charge in [-0.3, -0.25) is 4.72 Å². The van der Waals surface area contributed by atoms with Gasteiger partial charge in [-0.15, -0.1) is 11.3 Å². The SMILES string of the molecule is O=C(OCc1cc(-c2ccccc2)on1)c1ccccc1NS(=O)(=O)c1cccs1. The number of rotatable bonds is 7. The van der Waals surface area contributed by atoms with E-state index in [0.29, 0.717) is 11.5 Å². The maximum absolute atomic E-state index is 12.6. The molecule has 9 heteroatoms. The van der Waals surface area contributed by atoms with Crippen LogP contribution in [-0.2, 0) is 21.4 Å². The van der Waals surface area contributed by atoms with Crippen LogP contribution in [0.3, 0.4) is 0 Å². The van der Waals surface area contributed by atoms with Gasteiger partial charge in [0.2, 0.25) is 0 Å². The number of para-hydroxylation sites is 1. The maximum atomic E-state index is 12.6. The Balaban J connectivity index is 1.46. The average Bonchev–Trinajstić information content (AvgIpc) is 3.45. The number of carbonyl (C=O) groups is 1. The molecule has 0 aliphatic carbocycles. The van der Waals surface area contributed by atoms with Crippen molar-refractivity contribution in [3.8, 4) is 11.3 Å². The van der Waals surface area contributed by atoms with Gasteiger partial charge in [0.05, 0.1) is 11.3 Å². The van der Waals surface area contributed by atoms with Gasteiger partial charge in [-0.05, 0) is 23.6 Å². The molecule has 0 radical (unpaired) electrons. The second-order valence-electron chi connectivity index (χ2n) is 6.21. The van der Waals surface area contributed by atoms with E-state index in [1.54, 1.807) is 29.6 Å². The highest BCUT2D eigenvalue weighted by molar-refractivity contribution is 7.94. The van der Waals surface area contributed by atoms with E-state index in [2.05, 4.69) is 9.88 Å². The number of ether oxygens (including phenoxy) is 1. The summed E-state index contributed by atoms with van der Waals surface area (Å²) >= 11 is 1.09. The Morgan fingerprint density at radius 2 is 1.80 bits per heavy atom. The molecule has 4 aromatic rings. The molecule has 0 spiro atoms. The van der Waals surface area contributed by atoms with Crippen LogP contribution in [0.5, 0.6) is 0 Å². The molecule has 2 heterocycles. The van der Waals surface area contributed by atoms with Crippen LogP contribution in [0, 0.1) is 0 Å². The van der Waals surface area contributed by atoms with Crippen molar-refractivity contribution in [1.82, 2.24) is 5.16 Å². The number of nitrogens with zero attached hydrogens (tertiary/aromatic N) is 1. The van der Waals surface area contributed by atoms with Gasteiger partial charge < -0.3 is 9.26 Å². The van der Waals surface area contributed by atoms with E-state index in [0.717, 1.165) is 16.9 Å². The number of hydrogen-bond donors (Lipinski definition) is 1. The van der Waals surface area contributed by atoms with Crippen molar-refractivity contribution in [2.24, 2.45) is 0 Å². The number of thiophene rings is 1. The van der Waals surface area contributed by atoms with Crippen molar-refractivity contribution < 1.29 is 22.5 Å². The largest absolute Gasteiger partial charge is 0.455 e. The fourth-order valence-electron chi connectivity index (χ4n) is 2.70. The normalized spacial score (nSPS) is 11.2. The minimum Gasteiger partial charge on any atom is -0.455 e. The Labute approximate surface area is 177 Å². The lowest BCUT2D eigenvalue weighted by molar-refractivity contribution is 0.0465. The van der Waals surface area contributed by atoms with E-state index >= 15 is 0 Å². The number of hydrogen-bond acceptors (Lipinski definition) is 7. The third-order valence-corrected chi connectivity index (χ3v) is 6.88. The molecule has 0 amide bonds. The molecular formula is C21H16N2O5S2. The van der Waals surface area contributed by atoms with Gasteiger partial charge in [0.25, 0.3) is 10.0 Å². The Hall–Kier alpha value is -3.43. The quantitative estimate of drug-likeness (QED) is 0.423. The van der Waals surface area contributed by atoms with Gasteiger partial charge in [-0.1, -0.05) is 53.7 Å². The summed E-state index contributed by atoms with van der Waals surface area (Å²) in [7, 11) is -3.79. The summed E-state index contributed by atoms with van der Waals surface area (Å²) in [5.41, 5.74) is 1.54. The van der Waals surface area contributed by atoms with E-state index < -0.39 is 16.0 Å². The average molecular weight is 441 g/mol. The predicted molar refractivity (Wildman–Crippen MR) is 113 cm³/mol. The summed E-state index contributed by atoms with van der Waals surface area (Å²) in [4.78, 5) is 12.6. The number of sulfonamides is 1. The van der Waals surface area contributed by atoms with Crippen molar-refractivity contribution in [2.45, 2.75) is 10.8 Å². The number of anilines is 1. The Morgan fingerprint density at radius 1 is 1.03 bits per heavy atom. The first-order valence-corrected chi connectivity index (χ1v) is 11.2. The molecule has 0 aliphatic heterocycles. The molecular weight excluding hydrogens is 424 g/mol. The fourth-order valence-corrected chi connectivity index (χ4v) is 4.77. The van der Waals surface area contributed by atoms with E-state index in [4.69, 9.17) is 9.26 Å². The summed E-state index contributed by atoms with van der Waals surface area (Å²) in [5, 5.41) is 5.57. The lowest BCUT2D eigenvalue weighted by Crippen LogP contribution is -2.15. The molecule has 2 aromatic heterocycles. The Bertz CT molecular complexity index is 1250. The van der Waals surface area contributed by atoms with E-state index in [1.165, 1.54) is 18.2 Å². The maximum Gasteiger partial charge on any atom is 0.340 e. The summed E-state index contributed by atoms with van der Waals surface area (Å²) in [5.74, 6) is -0.116. The molecule has 1 N–H and O–H groups in total. The van der Waals surface area contributed by atoms with Crippen LogP contribution in [0.2, 0.25) is 0 Å². The van der Waals surface area contributed by atoms with Gasteiger partial charge in [0.15, 0.2) is 5.76 Å². The second kappa shape index (κ2) is 8.52. The lowest BCUT2D eigenvalue weighted by Gasteiger charge is -2.11. The summed E-state index contributed by atoms with van der Waals surface area (Å²) in [6.45, 7) is -0.110. The zero-order valence-electron chi connectivity index (χ0n) is 15.5. The highest BCUT2D eigenvalue weighted by Crippen LogP contribution is 2.24. The fraction of sp³-hybridized carbons (Fsp3) is 0.0476. The van der Waals surface area contributed by atoms with Crippen LogP contribution in [0.4, 0.5) is 5.69 Å². The number of benzene rings is 2. The van der Waals surface area contributed by atoms with Gasteiger partial charge >= 0.3 is 5.97 Å². The highest BCUT2D eigenvalue weighted by atomic mass is 32.2.